The second kappa shape index (κ2) is 5.35. The zero-order valence-electron chi connectivity index (χ0n) is 11.0. The van der Waals surface area contributed by atoms with Gasteiger partial charge in [-0.1, -0.05) is 24.3 Å². The van der Waals surface area contributed by atoms with Crippen molar-refractivity contribution in [2.75, 3.05) is 5.73 Å². The first-order valence-corrected chi connectivity index (χ1v) is 7.66. The van der Waals surface area contributed by atoms with Gasteiger partial charge in [-0.25, -0.2) is 8.42 Å². The fourth-order valence-electron chi connectivity index (χ4n) is 1.90. The molecule has 0 saturated carbocycles. The molecule has 4 nitrogen and oxygen atoms in total. The Morgan fingerprint density at radius 3 is 2.40 bits per heavy atom. The standard InChI is InChI=1S/C15H14N2O2S/c1-11-3-2-4-14(15(11)17)20(18,19)10-13-7-5-12(9-16)6-8-13/h2-8H,10,17H2,1H3. The predicted octanol–water partition coefficient (Wildman–Crippen LogP) is 2.42. The van der Waals surface area contributed by atoms with Crippen molar-refractivity contribution in [1.29, 1.82) is 5.26 Å². The highest BCUT2D eigenvalue weighted by Crippen LogP contribution is 2.25. The highest BCUT2D eigenvalue weighted by Gasteiger charge is 2.19. The van der Waals surface area contributed by atoms with Crippen LogP contribution in [0.15, 0.2) is 47.4 Å². The van der Waals surface area contributed by atoms with Gasteiger partial charge in [0.1, 0.15) is 0 Å². The molecule has 2 aromatic carbocycles. The summed E-state index contributed by atoms with van der Waals surface area (Å²) in [5.41, 5.74) is 8.01. The Balaban J connectivity index is 2.36. The van der Waals surface area contributed by atoms with Gasteiger partial charge < -0.3 is 5.73 Å². The minimum Gasteiger partial charge on any atom is -0.397 e. The van der Waals surface area contributed by atoms with Gasteiger partial charge in [-0.05, 0) is 36.2 Å². The van der Waals surface area contributed by atoms with E-state index in [2.05, 4.69) is 0 Å². The van der Waals surface area contributed by atoms with Crippen molar-refractivity contribution in [2.24, 2.45) is 0 Å². The van der Waals surface area contributed by atoms with Crippen molar-refractivity contribution in [2.45, 2.75) is 17.6 Å². The van der Waals surface area contributed by atoms with E-state index < -0.39 is 9.84 Å². The summed E-state index contributed by atoms with van der Waals surface area (Å²) in [6.07, 6.45) is 0. The summed E-state index contributed by atoms with van der Waals surface area (Å²) < 4.78 is 24.8. The highest BCUT2D eigenvalue weighted by molar-refractivity contribution is 7.90. The second-order valence-electron chi connectivity index (χ2n) is 4.55. The molecule has 0 aliphatic rings. The number of nitrogens with zero attached hydrogens (tertiary/aromatic N) is 1. The third kappa shape index (κ3) is 2.81. The van der Waals surface area contributed by atoms with Crippen molar-refractivity contribution >= 4 is 15.5 Å². The number of nitrogen functional groups attached to an aromatic ring is 1. The van der Waals surface area contributed by atoms with Crippen LogP contribution >= 0.6 is 0 Å². The van der Waals surface area contributed by atoms with Crippen molar-refractivity contribution in [3.8, 4) is 6.07 Å². The smallest absolute Gasteiger partial charge is 0.184 e. The van der Waals surface area contributed by atoms with Gasteiger partial charge >= 0.3 is 0 Å². The third-order valence-electron chi connectivity index (χ3n) is 3.06. The Labute approximate surface area is 118 Å². The number of nitrogens with two attached hydrogens (primary N) is 1. The van der Waals surface area contributed by atoms with Crippen LogP contribution < -0.4 is 5.73 Å². The summed E-state index contributed by atoms with van der Waals surface area (Å²) in [6.45, 7) is 1.77. The Bertz CT molecular complexity index is 773. The number of benzene rings is 2. The number of hydrogen-bond acceptors (Lipinski definition) is 4. The summed E-state index contributed by atoms with van der Waals surface area (Å²) in [5.74, 6) is -0.133. The van der Waals surface area contributed by atoms with Crippen molar-refractivity contribution < 1.29 is 8.42 Å². The summed E-state index contributed by atoms with van der Waals surface area (Å²) in [4.78, 5) is 0.154. The predicted molar refractivity (Wildman–Crippen MR) is 77.6 cm³/mol. The Morgan fingerprint density at radius 1 is 1.15 bits per heavy atom. The lowest BCUT2D eigenvalue weighted by Gasteiger charge is -2.09. The van der Waals surface area contributed by atoms with Gasteiger partial charge in [0.2, 0.25) is 0 Å². The van der Waals surface area contributed by atoms with Crippen LogP contribution in [0.1, 0.15) is 16.7 Å². The molecule has 0 saturated heterocycles. The van der Waals surface area contributed by atoms with Crippen molar-refractivity contribution in [3.05, 3.63) is 59.2 Å². The molecule has 0 radical (unpaired) electrons. The molecule has 20 heavy (non-hydrogen) atoms. The molecule has 102 valence electrons. The minimum atomic E-state index is -3.49. The molecule has 0 spiro atoms. The molecule has 0 aromatic heterocycles. The first-order valence-electron chi connectivity index (χ1n) is 6.01. The summed E-state index contributed by atoms with van der Waals surface area (Å²) in [5, 5.41) is 8.72. The van der Waals surface area contributed by atoms with E-state index in [1.54, 1.807) is 43.3 Å². The van der Waals surface area contributed by atoms with Gasteiger partial charge in [0.25, 0.3) is 0 Å². The quantitative estimate of drug-likeness (QED) is 0.878. The second-order valence-corrected chi connectivity index (χ2v) is 6.51. The molecule has 0 unspecified atom stereocenters. The minimum absolute atomic E-state index is 0.133. The van der Waals surface area contributed by atoms with E-state index in [9.17, 15) is 8.42 Å². The van der Waals surface area contributed by atoms with Gasteiger partial charge in [-0.2, -0.15) is 5.26 Å². The zero-order valence-corrected chi connectivity index (χ0v) is 11.8. The molecule has 2 N–H and O–H groups in total. The first-order chi connectivity index (χ1) is 9.44. The van der Waals surface area contributed by atoms with E-state index in [0.29, 0.717) is 16.8 Å². The van der Waals surface area contributed by atoms with Gasteiger partial charge in [0, 0.05) is 0 Å². The largest absolute Gasteiger partial charge is 0.397 e. The van der Waals surface area contributed by atoms with Crippen LogP contribution in [-0.4, -0.2) is 8.42 Å². The zero-order chi connectivity index (χ0) is 14.8. The molecule has 2 rings (SSSR count). The molecule has 0 aliphatic carbocycles. The van der Waals surface area contributed by atoms with Crippen LogP contribution in [0.5, 0.6) is 0 Å². The maximum atomic E-state index is 12.4. The lowest BCUT2D eigenvalue weighted by atomic mass is 10.2. The third-order valence-corrected chi connectivity index (χ3v) is 4.80. The SMILES string of the molecule is Cc1cccc(S(=O)(=O)Cc2ccc(C#N)cc2)c1N. The summed E-state index contributed by atoms with van der Waals surface area (Å²) in [6, 6.07) is 13.4. The maximum absolute atomic E-state index is 12.4. The number of nitriles is 1. The molecule has 0 atom stereocenters. The van der Waals surface area contributed by atoms with Crippen LogP contribution in [0.4, 0.5) is 5.69 Å². The molecular weight excluding hydrogens is 272 g/mol. The molecule has 0 fully saturated rings. The first kappa shape index (κ1) is 14.1. The Kier molecular flexibility index (Phi) is 3.77. The number of sulfone groups is 1. The van der Waals surface area contributed by atoms with E-state index in [1.807, 2.05) is 6.07 Å². The van der Waals surface area contributed by atoms with Gasteiger partial charge in [0.15, 0.2) is 9.84 Å². The highest BCUT2D eigenvalue weighted by atomic mass is 32.2. The van der Waals surface area contributed by atoms with E-state index in [0.717, 1.165) is 5.56 Å². The average molecular weight is 286 g/mol. The normalized spacial score (nSPS) is 11.0. The topological polar surface area (TPSA) is 84.0 Å². The molecule has 5 heteroatoms. The van der Waals surface area contributed by atoms with E-state index in [-0.39, 0.29) is 10.6 Å². The van der Waals surface area contributed by atoms with E-state index >= 15 is 0 Å². The molecule has 0 heterocycles. The molecule has 0 amide bonds. The van der Waals surface area contributed by atoms with Gasteiger partial charge in [-0.15, -0.1) is 0 Å². The maximum Gasteiger partial charge on any atom is 0.184 e. The van der Waals surface area contributed by atoms with Crippen molar-refractivity contribution in [3.63, 3.8) is 0 Å². The lowest BCUT2D eigenvalue weighted by Crippen LogP contribution is -2.08. The summed E-state index contributed by atoms with van der Waals surface area (Å²) in [7, 11) is -3.49. The van der Waals surface area contributed by atoms with Crippen LogP contribution in [0.3, 0.4) is 0 Å². The number of anilines is 1. The van der Waals surface area contributed by atoms with Crippen LogP contribution in [0, 0.1) is 18.3 Å². The Morgan fingerprint density at radius 2 is 1.80 bits per heavy atom. The number of aryl methyl sites for hydroxylation is 1. The van der Waals surface area contributed by atoms with Crippen LogP contribution in [0.2, 0.25) is 0 Å². The van der Waals surface area contributed by atoms with Gasteiger partial charge in [0.05, 0.1) is 28.0 Å². The van der Waals surface area contributed by atoms with E-state index in [4.69, 9.17) is 11.0 Å². The number of hydrogen-bond donors (Lipinski definition) is 1. The number of para-hydroxylation sites is 1. The molecule has 0 aliphatic heterocycles. The number of rotatable bonds is 3. The monoisotopic (exact) mass is 286 g/mol. The fraction of sp³-hybridized carbons (Fsp3) is 0.133. The van der Waals surface area contributed by atoms with Crippen LogP contribution in [0.25, 0.3) is 0 Å². The molecular formula is C15H14N2O2S. The molecule has 2 aromatic rings. The van der Waals surface area contributed by atoms with E-state index in [1.165, 1.54) is 6.07 Å². The average Bonchev–Trinajstić information content (AvgIpc) is 2.42. The molecule has 0 bridgehead atoms. The fourth-order valence-corrected chi connectivity index (χ4v) is 3.47. The van der Waals surface area contributed by atoms with Crippen LogP contribution in [-0.2, 0) is 15.6 Å². The van der Waals surface area contributed by atoms with Crippen molar-refractivity contribution in [1.82, 2.24) is 0 Å². The lowest BCUT2D eigenvalue weighted by molar-refractivity contribution is 0.595. The van der Waals surface area contributed by atoms with Gasteiger partial charge in [-0.3, -0.25) is 0 Å². The Hall–Kier alpha value is -2.32. The summed E-state index contributed by atoms with van der Waals surface area (Å²) >= 11 is 0.